The van der Waals surface area contributed by atoms with Crippen molar-refractivity contribution >= 4 is 22.8 Å². The van der Waals surface area contributed by atoms with Gasteiger partial charge >= 0.3 is 0 Å². The van der Waals surface area contributed by atoms with E-state index in [2.05, 4.69) is 32.3 Å². The lowest BCUT2D eigenvalue weighted by Gasteiger charge is -2.11. The van der Waals surface area contributed by atoms with E-state index in [1.807, 2.05) is 19.2 Å². The maximum absolute atomic E-state index is 5.92. The number of nitrogens with one attached hydrogen (secondary N) is 1. The van der Waals surface area contributed by atoms with Crippen molar-refractivity contribution in [2.45, 2.75) is 39.3 Å². The van der Waals surface area contributed by atoms with Gasteiger partial charge in [-0.2, -0.15) is 10.1 Å². The van der Waals surface area contributed by atoms with Gasteiger partial charge in [0.2, 0.25) is 5.95 Å². The average Bonchev–Trinajstić information content (AvgIpc) is 3.04. The largest absolute Gasteiger partial charge is 0.495 e. The number of pyridine rings is 1. The van der Waals surface area contributed by atoms with Crippen LogP contribution in [0.1, 0.15) is 44.0 Å². The molecule has 3 rings (SSSR count). The molecule has 0 fully saturated rings. The number of fused-ring (bicyclic) bond motifs is 1. The van der Waals surface area contributed by atoms with Gasteiger partial charge in [-0.05, 0) is 25.0 Å². The van der Waals surface area contributed by atoms with Gasteiger partial charge in [-0.1, -0.05) is 13.3 Å². The summed E-state index contributed by atoms with van der Waals surface area (Å²) in [4.78, 5) is 13.1. The molecule has 0 aliphatic heterocycles. The fraction of sp³-hybridized carbons (Fsp3) is 0.444. The third kappa shape index (κ3) is 4.25. The van der Waals surface area contributed by atoms with Crippen molar-refractivity contribution in [1.82, 2.24) is 24.7 Å². The molecule has 27 heavy (non-hydrogen) atoms. The Bertz CT molecular complexity index is 921. The van der Waals surface area contributed by atoms with Gasteiger partial charge in [-0.15, -0.1) is 0 Å². The van der Waals surface area contributed by atoms with Gasteiger partial charge in [-0.25, -0.2) is 4.98 Å². The standard InChI is InChI=1S/C18H26N8O/c1-4-5-6-21-17-16-14(23-18(20)24-17)10-26(25-16)9-13-15(27-3)7-12(8-22-13)11(2)19/h7-8,10-11H,4-6,9,19H2,1-3H3,(H3,20,21,23,24). The van der Waals surface area contributed by atoms with Crippen LogP contribution in [0.25, 0.3) is 11.0 Å². The molecule has 0 spiro atoms. The van der Waals surface area contributed by atoms with E-state index in [0.717, 1.165) is 30.6 Å². The van der Waals surface area contributed by atoms with Crippen molar-refractivity contribution in [3.63, 3.8) is 0 Å². The third-order valence-corrected chi connectivity index (χ3v) is 4.26. The summed E-state index contributed by atoms with van der Waals surface area (Å²) in [5.41, 5.74) is 14.8. The lowest BCUT2D eigenvalue weighted by Crippen LogP contribution is -2.09. The van der Waals surface area contributed by atoms with Crippen molar-refractivity contribution in [2.24, 2.45) is 5.73 Å². The van der Waals surface area contributed by atoms with Crippen LogP contribution in [0.15, 0.2) is 18.5 Å². The zero-order valence-corrected chi connectivity index (χ0v) is 15.9. The smallest absolute Gasteiger partial charge is 0.222 e. The van der Waals surface area contributed by atoms with E-state index in [9.17, 15) is 0 Å². The Morgan fingerprint density at radius 1 is 1.33 bits per heavy atom. The van der Waals surface area contributed by atoms with Gasteiger partial charge < -0.3 is 21.5 Å². The molecule has 9 nitrogen and oxygen atoms in total. The normalized spacial score (nSPS) is 12.3. The van der Waals surface area contributed by atoms with E-state index in [-0.39, 0.29) is 12.0 Å². The van der Waals surface area contributed by atoms with Gasteiger partial charge in [0.05, 0.1) is 19.9 Å². The van der Waals surface area contributed by atoms with Crippen molar-refractivity contribution < 1.29 is 4.74 Å². The maximum Gasteiger partial charge on any atom is 0.222 e. The molecule has 0 aliphatic carbocycles. The first-order valence-electron chi connectivity index (χ1n) is 9.04. The van der Waals surface area contributed by atoms with E-state index in [0.29, 0.717) is 29.1 Å². The fourth-order valence-electron chi connectivity index (χ4n) is 2.75. The predicted octanol–water partition coefficient (Wildman–Crippen LogP) is 2.09. The van der Waals surface area contributed by atoms with Crippen LogP contribution in [0.4, 0.5) is 11.8 Å². The van der Waals surface area contributed by atoms with Crippen LogP contribution in [0.2, 0.25) is 0 Å². The second-order valence-corrected chi connectivity index (χ2v) is 6.48. The number of ether oxygens (including phenoxy) is 1. The molecule has 0 saturated carbocycles. The van der Waals surface area contributed by atoms with Gasteiger partial charge in [0.1, 0.15) is 17.0 Å². The molecule has 144 valence electrons. The first-order chi connectivity index (χ1) is 13.0. The molecule has 0 aromatic carbocycles. The Kier molecular flexibility index (Phi) is 5.70. The highest BCUT2D eigenvalue weighted by Crippen LogP contribution is 2.23. The number of hydrogen-bond donors (Lipinski definition) is 3. The number of nitrogens with two attached hydrogens (primary N) is 2. The van der Waals surface area contributed by atoms with Crippen LogP contribution in [0.5, 0.6) is 5.75 Å². The molecule has 0 saturated heterocycles. The van der Waals surface area contributed by atoms with E-state index in [1.165, 1.54) is 0 Å². The summed E-state index contributed by atoms with van der Waals surface area (Å²) < 4.78 is 7.24. The molecule has 9 heteroatoms. The number of nitrogen functional groups attached to an aromatic ring is 1. The molecule has 3 aromatic rings. The van der Waals surface area contributed by atoms with Gasteiger partial charge in [-0.3, -0.25) is 9.67 Å². The van der Waals surface area contributed by atoms with Crippen LogP contribution < -0.4 is 21.5 Å². The predicted molar refractivity (Wildman–Crippen MR) is 106 cm³/mol. The number of rotatable bonds is 8. The Morgan fingerprint density at radius 2 is 2.15 bits per heavy atom. The molecule has 5 N–H and O–H groups in total. The molecule has 3 aromatic heterocycles. The average molecular weight is 370 g/mol. The Balaban J connectivity index is 1.90. The number of anilines is 2. The van der Waals surface area contributed by atoms with Crippen molar-refractivity contribution in [2.75, 3.05) is 24.7 Å². The molecule has 1 unspecified atom stereocenters. The zero-order valence-electron chi connectivity index (χ0n) is 15.9. The summed E-state index contributed by atoms with van der Waals surface area (Å²) in [5, 5.41) is 7.90. The molecular weight excluding hydrogens is 344 g/mol. The maximum atomic E-state index is 5.92. The van der Waals surface area contributed by atoms with Crippen LogP contribution in [-0.4, -0.2) is 38.4 Å². The third-order valence-electron chi connectivity index (χ3n) is 4.26. The summed E-state index contributed by atoms with van der Waals surface area (Å²) in [6, 6.07) is 1.80. The Labute approximate surface area is 158 Å². The van der Waals surface area contributed by atoms with Gasteiger partial charge in [0.15, 0.2) is 11.3 Å². The highest BCUT2D eigenvalue weighted by atomic mass is 16.5. The minimum absolute atomic E-state index is 0.109. The SMILES string of the molecule is CCCCNc1nc(N)nc2cn(Cc3ncc(C(C)N)cc3OC)nc12. The van der Waals surface area contributed by atoms with E-state index < -0.39 is 0 Å². The monoisotopic (exact) mass is 370 g/mol. The van der Waals surface area contributed by atoms with Gasteiger partial charge in [0, 0.05) is 18.8 Å². The molecule has 3 heterocycles. The van der Waals surface area contributed by atoms with Crippen LogP contribution >= 0.6 is 0 Å². The van der Waals surface area contributed by atoms with Gasteiger partial charge in [0.25, 0.3) is 0 Å². The summed E-state index contributed by atoms with van der Waals surface area (Å²) in [7, 11) is 1.62. The Morgan fingerprint density at radius 3 is 2.85 bits per heavy atom. The van der Waals surface area contributed by atoms with Crippen molar-refractivity contribution in [3.05, 3.63) is 29.7 Å². The number of aromatic nitrogens is 5. The minimum Gasteiger partial charge on any atom is -0.495 e. The molecular formula is C18H26N8O. The molecule has 0 amide bonds. The number of methoxy groups -OCH3 is 1. The van der Waals surface area contributed by atoms with E-state index in [4.69, 9.17) is 16.2 Å². The number of hydrogen-bond acceptors (Lipinski definition) is 8. The summed E-state index contributed by atoms with van der Waals surface area (Å²) >= 11 is 0. The molecule has 1 atom stereocenters. The Hall–Kier alpha value is -2.94. The van der Waals surface area contributed by atoms with E-state index >= 15 is 0 Å². The topological polar surface area (TPSA) is 130 Å². The number of nitrogens with zero attached hydrogens (tertiary/aromatic N) is 5. The molecule has 0 aliphatic rings. The number of unbranched alkanes of at least 4 members (excludes halogenated alkanes) is 1. The summed E-state index contributed by atoms with van der Waals surface area (Å²) in [5.74, 6) is 1.55. The second kappa shape index (κ2) is 8.17. The first kappa shape index (κ1) is 18.8. The lowest BCUT2D eigenvalue weighted by atomic mass is 10.1. The van der Waals surface area contributed by atoms with Crippen LogP contribution in [-0.2, 0) is 6.54 Å². The summed E-state index contributed by atoms with van der Waals surface area (Å²) in [6.45, 7) is 5.29. The summed E-state index contributed by atoms with van der Waals surface area (Å²) in [6.07, 6.45) is 5.73. The highest BCUT2D eigenvalue weighted by molar-refractivity contribution is 5.85. The minimum atomic E-state index is -0.109. The van der Waals surface area contributed by atoms with Crippen LogP contribution in [0, 0.1) is 0 Å². The highest BCUT2D eigenvalue weighted by Gasteiger charge is 2.14. The van der Waals surface area contributed by atoms with Crippen LogP contribution in [0.3, 0.4) is 0 Å². The fourth-order valence-corrected chi connectivity index (χ4v) is 2.75. The molecule has 0 bridgehead atoms. The van der Waals surface area contributed by atoms with Crippen molar-refractivity contribution in [1.29, 1.82) is 0 Å². The lowest BCUT2D eigenvalue weighted by molar-refractivity contribution is 0.403. The van der Waals surface area contributed by atoms with E-state index in [1.54, 1.807) is 18.0 Å². The second-order valence-electron chi connectivity index (χ2n) is 6.48. The molecule has 0 radical (unpaired) electrons. The first-order valence-corrected chi connectivity index (χ1v) is 9.04. The zero-order chi connectivity index (χ0) is 19.4. The quantitative estimate of drug-likeness (QED) is 0.514. The van der Waals surface area contributed by atoms with Crippen molar-refractivity contribution in [3.8, 4) is 5.75 Å².